The summed E-state index contributed by atoms with van der Waals surface area (Å²) >= 11 is 1.67. The molecule has 4 rings (SSSR count). The zero-order valence-corrected chi connectivity index (χ0v) is 14.0. The number of ether oxygens (including phenoxy) is 1. The molecular formula is C18H16N2O3S. The molecule has 0 bridgehead atoms. The molecule has 0 atom stereocenters. The van der Waals surface area contributed by atoms with Crippen molar-refractivity contribution in [3.63, 3.8) is 0 Å². The van der Waals surface area contributed by atoms with Gasteiger partial charge in [-0.15, -0.1) is 0 Å². The number of fused-ring (bicyclic) bond motifs is 1. The molecular weight excluding hydrogens is 324 g/mol. The van der Waals surface area contributed by atoms with Gasteiger partial charge in [0, 0.05) is 6.08 Å². The van der Waals surface area contributed by atoms with Crippen LogP contribution >= 0.6 is 11.3 Å². The average Bonchev–Trinajstić information content (AvgIpc) is 3.18. The Morgan fingerprint density at radius 2 is 2.25 bits per heavy atom. The van der Waals surface area contributed by atoms with Crippen LogP contribution in [-0.4, -0.2) is 30.1 Å². The normalized spacial score (nSPS) is 15.1. The van der Waals surface area contributed by atoms with E-state index in [0.717, 1.165) is 10.6 Å². The van der Waals surface area contributed by atoms with Gasteiger partial charge in [0.1, 0.15) is 11.9 Å². The van der Waals surface area contributed by atoms with Crippen LogP contribution in [0.5, 0.6) is 0 Å². The number of para-hydroxylation sites is 1. The van der Waals surface area contributed by atoms with Gasteiger partial charge in [-0.2, -0.15) is 0 Å². The summed E-state index contributed by atoms with van der Waals surface area (Å²) in [5.74, 6) is 0.281. The molecule has 3 aromatic rings. The van der Waals surface area contributed by atoms with Crippen molar-refractivity contribution < 1.29 is 13.9 Å². The highest BCUT2D eigenvalue weighted by Gasteiger charge is 2.31. The van der Waals surface area contributed by atoms with E-state index in [1.807, 2.05) is 6.07 Å². The smallest absolute Gasteiger partial charge is 0.331 e. The maximum absolute atomic E-state index is 11.8. The summed E-state index contributed by atoms with van der Waals surface area (Å²) in [5.41, 5.74) is 2.24. The Balaban J connectivity index is 1.34. The highest BCUT2D eigenvalue weighted by molar-refractivity contribution is 7.22. The van der Waals surface area contributed by atoms with Crippen molar-refractivity contribution >= 4 is 38.7 Å². The van der Waals surface area contributed by atoms with E-state index in [4.69, 9.17) is 14.1 Å². The number of anilines is 1. The van der Waals surface area contributed by atoms with Crippen molar-refractivity contribution in [1.29, 1.82) is 0 Å². The third-order valence-corrected chi connectivity index (χ3v) is 5.02. The highest BCUT2D eigenvalue weighted by atomic mass is 32.1. The number of hydrogen-bond donors (Lipinski definition) is 0. The van der Waals surface area contributed by atoms with Crippen LogP contribution < -0.4 is 4.90 Å². The largest absolute Gasteiger partial charge is 0.465 e. The second-order valence-electron chi connectivity index (χ2n) is 5.73. The molecule has 2 aromatic heterocycles. The third-order valence-electron chi connectivity index (χ3n) is 3.94. The maximum atomic E-state index is 11.8. The summed E-state index contributed by atoms with van der Waals surface area (Å²) in [4.78, 5) is 18.6. The number of furan rings is 1. The van der Waals surface area contributed by atoms with Crippen molar-refractivity contribution in [3.8, 4) is 0 Å². The molecule has 1 fully saturated rings. The molecule has 0 saturated carbocycles. The van der Waals surface area contributed by atoms with E-state index >= 15 is 0 Å². The summed E-state index contributed by atoms with van der Waals surface area (Å²) in [6.07, 6.45) is 4.47. The Morgan fingerprint density at radius 3 is 3.00 bits per heavy atom. The standard InChI is InChI=1S/C18H16N2O3S/c1-12-4-2-6-15-17(12)19-18(24-15)20-10-14(11-20)23-16(21)8-7-13-5-3-9-22-13/h2-9,14H,10-11H2,1H3/b8-7+. The van der Waals surface area contributed by atoms with Gasteiger partial charge in [0.2, 0.25) is 0 Å². The fourth-order valence-electron chi connectivity index (χ4n) is 2.62. The minimum atomic E-state index is -0.351. The van der Waals surface area contributed by atoms with Crippen molar-refractivity contribution in [2.24, 2.45) is 0 Å². The van der Waals surface area contributed by atoms with Gasteiger partial charge in [-0.1, -0.05) is 23.5 Å². The van der Waals surface area contributed by atoms with Crippen LogP contribution in [0.1, 0.15) is 11.3 Å². The second-order valence-corrected chi connectivity index (χ2v) is 6.74. The number of nitrogens with zero attached hydrogens (tertiary/aromatic N) is 2. The number of carbonyl (C=O) groups is 1. The molecule has 1 aliphatic rings. The number of hydrogen-bond acceptors (Lipinski definition) is 6. The molecule has 1 aromatic carbocycles. The van der Waals surface area contributed by atoms with Crippen molar-refractivity contribution in [1.82, 2.24) is 4.98 Å². The fourth-order valence-corrected chi connectivity index (χ4v) is 3.68. The predicted molar refractivity (Wildman–Crippen MR) is 94.2 cm³/mol. The number of benzene rings is 1. The van der Waals surface area contributed by atoms with Crippen LogP contribution in [0.2, 0.25) is 0 Å². The van der Waals surface area contributed by atoms with Crippen LogP contribution in [0.4, 0.5) is 5.13 Å². The number of carbonyl (C=O) groups excluding carboxylic acids is 1. The lowest BCUT2D eigenvalue weighted by Gasteiger charge is -2.37. The van der Waals surface area contributed by atoms with Crippen LogP contribution in [0.25, 0.3) is 16.3 Å². The molecule has 6 heteroatoms. The summed E-state index contributed by atoms with van der Waals surface area (Å²) < 4.78 is 11.7. The minimum absolute atomic E-state index is 0.0909. The molecule has 122 valence electrons. The molecule has 0 radical (unpaired) electrons. The first-order valence-corrected chi connectivity index (χ1v) is 8.54. The van der Waals surface area contributed by atoms with E-state index in [1.165, 1.54) is 16.3 Å². The summed E-state index contributed by atoms with van der Waals surface area (Å²) in [6.45, 7) is 3.43. The molecule has 24 heavy (non-hydrogen) atoms. The van der Waals surface area contributed by atoms with Crippen LogP contribution in [0.3, 0.4) is 0 Å². The van der Waals surface area contributed by atoms with Crippen molar-refractivity contribution in [2.45, 2.75) is 13.0 Å². The molecule has 0 spiro atoms. The molecule has 1 saturated heterocycles. The highest BCUT2D eigenvalue weighted by Crippen LogP contribution is 2.33. The average molecular weight is 340 g/mol. The van der Waals surface area contributed by atoms with Gasteiger partial charge in [0.15, 0.2) is 5.13 Å². The van der Waals surface area contributed by atoms with Gasteiger partial charge >= 0.3 is 5.97 Å². The Labute approximate surface area is 143 Å². The first kappa shape index (κ1) is 15.0. The van der Waals surface area contributed by atoms with Crippen LogP contribution in [-0.2, 0) is 9.53 Å². The van der Waals surface area contributed by atoms with Gasteiger partial charge in [0.25, 0.3) is 0 Å². The van der Waals surface area contributed by atoms with E-state index in [-0.39, 0.29) is 12.1 Å². The van der Waals surface area contributed by atoms with E-state index in [0.29, 0.717) is 18.8 Å². The van der Waals surface area contributed by atoms with Gasteiger partial charge in [0.05, 0.1) is 29.6 Å². The Hall–Kier alpha value is -2.60. The molecule has 0 aliphatic carbocycles. The fraction of sp³-hybridized carbons (Fsp3) is 0.222. The lowest BCUT2D eigenvalue weighted by Crippen LogP contribution is -2.52. The van der Waals surface area contributed by atoms with Crippen molar-refractivity contribution in [3.05, 3.63) is 54.0 Å². The molecule has 3 heterocycles. The van der Waals surface area contributed by atoms with E-state index in [9.17, 15) is 4.79 Å². The van der Waals surface area contributed by atoms with Gasteiger partial charge < -0.3 is 14.1 Å². The topological polar surface area (TPSA) is 55.6 Å². The summed E-state index contributed by atoms with van der Waals surface area (Å²) in [5, 5.41) is 0.984. The van der Waals surface area contributed by atoms with Crippen LogP contribution in [0, 0.1) is 6.92 Å². The first-order chi connectivity index (χ1) is 11.7. The monoisotopic (exact) mass is 340 g/mol. The molecule has 1 aliphatic heterocycles. The second kappa shape index (κ2) is 6.13. The maximum Gasteiger partial charge on any atom is 0.331 e. The number of thiazole rings is 1. The van der Waals surface area contributed by atoms with E-state index < -0.39 is 0 Å². The zero-order chi connectivity index (χ0) is 16.5. The van der Waals surface area contributed by atoms with E-state index in [2.05, 4.69) is 24.0 Å². The SMILES string of the molecule is Cc1cccc2sc(N3CC(OC(=O)/C=C/c4ccco4)C3)nc12. The zero-order valence-electron chi connectivity index (χ0n) is 13.1. The van der Waals surface area contributed by atoms with E-state index in [1.54, 1.807) is 35.8 Å². The molecule has 0 unspecified atom stereocenters. The molecule has 5 nitrogen and oxygen atoms in total. The van der Waals surface area contributed by atoms with Gasteiger partial charge in [-0.05, 0) is 36.8 Å². The van der Waals surface area contributed by atoms with Crippen molar-refractivity contribution in [2.75, 3.05) is 18.0 Å². The lowest BCUT2D eigenvalue weighted by atomic mass is 10.2. The third kappa shape index (κ3) is 2.92. The number of aryl methyl sites for hydroxylation is 1. The molecule has 0 N–H and O–H groups in total. The number of aromatic nitrogens is 1. The lowest BCUT2D eigenvalue weighted by molar-refractivity contribution is -0.143. The Kier molecular flexibility index (Phi) is 3.82. The number of esters is 1. The summed E-state index contributed by atoms with van der Waals surface area (Å²) in [6, 6.07) is 9.75. The van der Waals surface area contributed by atoms with Gasteiger partial charge in [-0.25, -0.2) is 9.78 Å². The minimum Gasteiger partial charge on any atom is -0.465 e. The first-order valence-electron chi connectivity index (χ1n) is 7.72. The quantitative estimate of drug-likeness (QED) is 0.536. The summed E-state index contributed by atoms with van der Waals surface area (Å²) in [7, 11) is 0. The van der Waals surface area contributed by atoms with Crippen LogP contribution in [0.15, 0.2) is 47.1 Å². The molecule has 0 amide bonds. The number of rotatable bonds is 4. The Morgan fingerprint density at radius 1 is 1.38 bits per heavy atom. The van der Waals surface area contributed by atoms with Gasteiger partial charge in [-0.3, -0.25) is 0 Å². The predicted octanol–water partition coefficient (Wildman–Crippen LogP) is 3.64. The Bertz CT molecular complexity index is 892.